The summed E-state index contributed by atoms with van der Waals surface area (Å²) < 4.78 is 1.16. The molecule has 1 rings (SSSR count). The molecule has 2 heteroatoms. The Morgan fingerprint density at radius 1 is 1.17 bits per heavy atom. The molecule has 0 spiro atoms. The van der Waals surface area contributed by atoms with Crippen LogP contribution in [-0.2, 0) is 0 Å². The second-order valence-electron chi connectivity index (χ2n) is 5.23. The van der Waals surface area contributed by atoms with Gasteiger partial charge in [0.05, 0.1) is 0 Å². The summed E-state index contributed by atoms with van der Waals surface area (Å²) in [7, 11) is 0. The molecule has 1 N–H and O–H groups in total. The molecule has 0 aliphatic heterocycles. The summed E-state index contributed by atoms with van der Waals surface area (Å²) in [5.41, 5.74) is 2.52. The normalized spacial score (nSPS) is 12.4. The Hall–Kier alpha value is -0.500. The fraction of sp³-hybridized carbons (Fsp3) is 0.625. The Bertz CT molecular complexity index is 349. The fourth-order valence-electron chi connectivity index (χ4n) is 2.14. The number of benzene rings is 1. The molecule has 0 aromatic heterocycles. The molecule has 102 valence electrons. The van der Waals surface area contributed by atoms with E-state index in [4.69, 9.17) is 0 Å². The number of rotatable bonds is 8. The minimum Gasteiger partial charge on any atom is -0.382 e. The second kappa shape index (κ2) is 8.58. The Kier molecular flexibility index (Phi) is 7.41. The van der Waals surface area contributed by atoms with Crippen LogP contribution in [0.1, 0.15) is 57.9 Å². The molecule has 0 saturated heterocycles. The van der Waals surface area contributed by atoms with E-state index in [1.54, 1.807) is 0 Å². The first-order chi connectivity index (χ1) is 8.63. The first-order valence-corrected chi connectivity index (χ1v) is 7.95. The summed E-state index contributed by atoms with van der Waals surface area (Å²) >= 11 is 3.60. The predicted octanol–water partition coefficient (Wildman–Crippen LogP) is 5.92. The van der Waals surface area contributed by atoms with Crippen molar-refractivity contribution in [2.24, 2.45) is 0 Å². The molecule has 0 radical (unpaired) electrons. The molecule has 1 aromatic rings. The van der Waals surface area contributed by atoms with Gasteiger partial charge >= 0.3 is 0 Å². The lowest BCUT2D eigenvalue weighted by molar-refractivity contribution is 0.578. The van der Waals surface area contributed by atoms with Crippen molar-refractivity contribution in [1.29, 1.82) is 0 Å². The molecular weight excluding hydrogens is 286 g/mol. The summed E-state index contributed by atoms with van der Waals surface area (Å²) in [5, 5.41) is 3.60. The first kappa shape index (κ1) is 15.6. The van der Waals surface area contributed by atoms with Crippen molar-refractivity contribution in [3.8, 4) is 0 Å². The number of unbranched alkanes of at least 4 members (excludes halogenated alkanes) is 4. The van der Waals surface area contributed by atoms with Gasteiger partial charge < -0.3 is 5.32 Å². The van der Waals surface area contributed by atoms with E-state index in [0.29, 0.717) is 6.04 Å². The van der Waals surface area contributed by atoms with Crippen LogP contribution < -0.4 is 5.32 Å². The van der Waals surface area contributed by atoms with E-state index in [-0.39, 0.29) is 0 Å². The highest BCUT2D eigenvalue weighted by atomic mass is 79.9. The maximum absolute atomic E-state index is 3.60. The molecule has 1 nitrogen and oxygen atoms in total. The summed E-state index contributed by atoms with van der Waals surface area (Å²) in [4.78, 5) is 0. The quantitative estimate of drug-likeness (QED) is 0.588. The highest BCUT2D eigenvalue weighted by Crippen LogP contribution is 2.24. The van der Waals surface area contributed by atoms with Gasteiger partial charge in [-0.25, -0.2) is 0 Å². The summed E-state index contributed by atoms with van der Waals surface area (Å²) in [6.45, 7) is 6.67. The largest absolute Gasteiger partial charge is 0.382 e. The maximum Gasteiger partial charge on any atom is 0.0489 e. The number of hydrogen-bond acceptors (Lipinski definition) is 1. The average Bonchev–Trinajstić information content (AvgIpc) is 2.33. The highest BCUT2D eigenvalue weighted by Gasteiger charge is 2.05. The van der Waals surface area contributed by atoms with Crippen molar-refractivity contribution in [1.82, 2.24) is 0 Å². The van der Waals surface area contributed by atoms with Crippen LogP contribution in [0, 0.1) is 6.92 Å². The monoisotopic (exact) mass is 311 g/mol. The van der Waals surface area contributed by atoms with Gasteiger partial charge in [-0.15, -0.1) is 0 Å². The Morgan fingerprint density at radius 2 is 1.89 bits per heavy atom. The third-order valence-electron chi connectivity index (χ3n) is 3.26. The van der Waals surface area contributed by atoms with Crippen LogP contribution in [0.2, 0.25) is 0 Å². The molecule has 0 bridgehead atoms. The Balaban J connectivity index is 2.30. The van der Waals surface area contributed by atoms with Gasteiger partial charge in [-0.1, -0.05) is 45.1 Å². The highest BCUT2D eigenvalue weighted by molar-refractivity contribution is 9.10. The van der Waals surface area contributed by atoms with Crippen LogP contribution in [0.5, 0.6) is 0 Å². The van der Waals surface area contributed by atoms with Crippen LogP contribution in [0.4, 0.5) is 5.69 Å². The molecule has 0 heterocycles. The molecule has 18 heavy (non-hydrogen) atoms. The Morgan fingerprint density at radius 3 is 2.61 bits per heavy atom. The molecular formula is C16H26BrN. The lowest BCUT2D eigenvalue weighted by Crippen LogP contribution is -2.15. The van der Waals surface area contributed by atoms with Gasteiger partial charge in [-0.2, -0.15) is 0 Å². The minimum absolute atomic E-state index is 0.546. The van der Waals surface area contributed by atoms with Crippen LogP contribution in [0.15, 0.2) is 22.7 Å². The second-order valence-corrected chi connectivity index (χ2v) is 6.09. The lowest BCUT2D eigenvalue weighted by atomic mass is 10.1. The van der Waals surface area contributed by atoms with E-state index < -0.39 is 0 Å². The molecule has 1 unspecified atom stereocenters. The molecule has 0 aliphatic rings. The predicted molar refractivity (Wildman–Crippen MR) is 85.3 cm³/mol. The summed E-state index contributed by atoms with van der Waals surface area (Å²) in [6, 6.07) is 7.00. The van der Waals surface area contributed by atoms with Gasteiger partial charge in [0.15, 0.2) is 0 Å². The maximum atomic E-state index is 3.60. The molecule has 0 fully saturated rings. The van der Waals surface area contributed by atoms with Crippen molar-refractivity contribution < 1.29 is 0 Å². The van der Waals surface area contributed by atoms with Gasteiger partial charge in [0.2, 0.25) is 0 Å². The number of anilines is 1. The van der Waals surface area contributed by atoms with E-state index in [2.05, 4.69) is 60.2 Å². The molecule has 0 amide bonds. The fourth-order valence-corrected chi connectivity index (χ4v) is 2.50. The van der Waals surface area contributed by atoms with Crippen molar-refractivity contribution in [3.05, 3.63) is 28.2 Å². The zero-order chi connectivity index (χ0) is 13.4. The molecule has 0 aliphatic carbocycles. The standard InChI is InChI=1S/C16H26BrN/c1-4-5-6-7-8-9-14(3)18-16-12-13(2)10-11-15(16)17/h10-12,14,18H,4-9H2,1-3H3. The molecule has 1 atom stereocenters. The van der Waals surface area contributed by atoms with E-state index in [0.717, 1.165) is 4.47 Å². The van der Waals surface area contributed by atoms with Gasteiger partial charge in [0.1, 0.15) is 0 Å². The van der Waals surface area contributed by atoms with Crippen molar-refractivity contribution >= 4 is 21.6 Å². The smallest absolute Gasteiger partial charge is 0.0489 e. The van der Waals surface area contributed by atoms with E-state index in [9.17, 15) is 0 Å². The van der Waals surface area contributed by atoms with Crippen LogP contribution >= 0.6 is 15.9 Å². The van der Waals surface area contributed by atoms with Crippen molar-refractivity contribution in [2.45, 2.75) is 65.3 Å². The number of nitrogens with one attached hydrogen (secondary N) is 1. The van der Waals surface area contributed by atoms with Gasteiger partial charge in [-0.3, -0.25) is 0 Å². The zero-order valence-corrected chi connectivity index (χ0v) is 13.5. The summed E-state index contributed by atoms with van der Waals surface area (Å²) in [5.74, 6) is 0. The third kappa shape index (κ3) is 5.90. The number of halogens is 1. The molecule has 1 aromatic carbocycles. The van der Waals surface area contributed by atoms with Crippen LogP contribution in [-0.4, -0.2) is 6.04 Å². The van der Waals surface area contributed by atoms with Gasteiger partial charge in [0, 0.05) is 16.2 Å². The first-order valence-electron chi connectivity index (χ1n) is 7.16. The van der Waals surface area contributed by atoms with Gasteiger partial charge in [-0.05, 0) is 53.9 Å². The van der Waals surface area contributed by atoms with E-state index >= 15 is 0 Å². The number of hydrogen-bond donors (Lipinski definition) is 1. The van der Waals surface area contributed by atoms with E-state index in [1.807, 2.05) is 0 Å². The lowest BCUT2D eigenvalue weighted by Gasteiger charge is -2.17. The molecule has 0 saturated carbocycles. The average molecular weight is 312 g/mol. The van der Waals surface area contributed by atoms with Gasteiger partial charge in [0.25, 0.3) is 0 Å². The van der Waals surface area contributed by atoms with Crippen LogP contribution in [0.25, 0.3) is 0 Å². The SMILES string of the molecule is CCCCCCCC(C)Nc1cc(C)ccc1Br. The topological polar surface area (TPSA) is 12.0 Å². The number of aryl methyl sites for hydroxylation is 1. The van der Waals surface area contributed by atoms with E-state index in [1.165, 1.54) is 49.8 Å². The third-order valence-corrected chi connectivity index (χ3v) is 3.96. The van der Waals surface area contributed by atoms with Crippen molar-refractivity contribution in [2.75, 3.05) is 5.32 Å². The van der Waals surface area contributed by atoms with Crippen molar-refractivity contribution in [3.63, 3.8) is 0 Å². The minimum atomic E-state index is 0.546. The Labute approximate surface area is 120 Å². The van der Waals surface area contributed by atoms with Crippen LogP contribution in [0.3, 0.4) is 0 Å². The zero-order valence-electron chi connectivity index (χ0n) is 11.9. The summed E-state index contributed by atoms with van der Waals surface area (Å²) in [6.07, 6.45) is 8.04.